The first-order chi connectivity index (χ1) is 16.6. The molecule has 0 aliphatic carbocycles. The normalized spacial score (nSPS) is 10.6. The molecule has 0 spiro atoms. The number of ether oxygens (including phenoxy) is 2. The molecule has 0 radical (unpaired) electrons. The summed E-state index contributed by atoms with van der Waals surface area (Å²) in [7, 11) is 1.62. The maximum atomic E-state index is 12.5. The number of nitrogens with zero attached hydrogens (tertiary/aromatic N) is 1. The first-order valence-corrected chi connectivity index (χ1v) is 11.4. The molecular weight excluding hydrogens is 450 g/mol. The van der Waals surface area contributed by atoms with Crippen molar-refractivity contribution in [2.45, 2.75) is 19.8 Å². The summed E-state index contributed by atoms with van der Waals surface area (Å²) >= 11 is 5.31. The minimum atomic E-state index is -0.304. The number of oxazole rings is 1. The molecule has 4 aromatic rings. The van der Waals surface area contributed by atoms with Crippen LogP contribution in [0.3, 0.4) is 0 Å². The minimum Gasteiger partial charge on any atom is -0.497 e. The van der Waals surface area contributed by atoms with Crippen LogP contribution in [0, 0.1) is 0 Å². The predicted molar refractivity (Wildman–Crippen MR) is 137 cm³/mol. The first-order valence-electron chi connectivity index (χ1n) is 11.0. The molecule has 2 N–H and O–H groups in total. The lowest BCUT2D eigenvalue weighted by atomic mass is 10.2. The van der Waals surface area contributed by atoms with Gasteiger partial charge in [0.1, 0.15) is 17.0 Å². The van der Waals surface area contributed by atoms with Crippen molar-refractivity contribution in [3.63, 3.8) is 0 Å². The highest BCUT2D eigenvalue weighted by Crippen LogP contribution is 2.27. The molecule has 1 amide bonds. The Kier molecular flexibility index (Phi) is 7.39. The largest absolute Gasteiger partial charge is 0.497 e. The molecule has 0 saturated carbocycles. The fourth-order valence-electron chi connectivity index (χ4n) is 3.24. The van der Waals surface area contributed by atoms with Gasteiger partial charge in [0.05, 0.1) is 13.7 Å². The summed E-state index contributed by atoms with van der Waals surface area (Å²) < 4.78 is 16.7. The van der Waals surface area contributed by atoms with Crippen molar-refractivity contribution < 1.29 is 18.7 Å². The first kappa shape index (κ1) is 23.3. The Morgan fingerprint density at radius 3 is 2.47 bits per heavy atom. The third-order valence-electron chi connectivity index (χ3n) is 5.09. The summed E-state index contributed by atoms with van der Waals surface area (Å²) in [6, 6.07) is 19.9. The summed E-state index contributed by atoms with van der Waals surface area (Å²) in [6.45, 7) is 2.77. The van der Waals surface area contributed by atoms with Gasteiger partial charge in [0.15, 0.2) is 10.7 Å². The van der Waals surface area contributed by atoms with Crippen molar-refractivity contribution >= 4 is 40.0 Å². The molecule has 34 heavy (non-hydrogen) atoms. The number of carbonyl (C=O) groups is 1. The molecule has 3 aromatic carbocycles. The van der Waals surface area contributed by atoms with Crippen LogP contribution in [0.1, 0.15) is 30.1 Å². The molecule has 1 aromatic heterocycles. The number of fused-ring (bicyclic) bond motifs is 1. The average molecular weight is 476 g/mol. The Balaban J connectivity index is 1.38. The lowest BCUT2D eigenvalue weighted by Gasteiger charge is -2.10. The van der Waals surface area contributed by atoms with Crippen molar-refractivity contribution in [3.8, 4) is 23.0 Å². The van der Waals surface area contributed by atoms with Crippen LogP contribution in [0.25, 0.3) is 22.6 Å². The van der Waals surface area contributed by atoms with Gasteiger partial charge in [-0.25, -0.2) is 4.98 Å². The number of unbranched alkanes of at least 4 members (excludes halogenated alkanes) is 1. The lowest BCUT2D eigenvalue weighted by molar-refractivity contribution is 0.0977. The number of amides is 1. The number of carbonyl (C=O) groups excluding carboxylic acids is 1. The summed E-state index contributed by atoms with van der Waals surface area (Å²) in [5, 5.41) is 5.90. The standard InChI is InChI=1S/C26H25N3O4S/c1-3-4-15-32-21-12-5-17(6-13-21)24(30)29-26(34)27-19-9-14-23-22(16-19)28-25(33-23)18-7-10-20(31-2)11-8-18/h5-14,16H,3-4,15H2,1-2H3,(H2,27,29,30,34). The van der Waals surface area contributed by atoms with Crippen LogP contribution in [-0.4, -0.2) is 29.7 Å². The molecule has 0 aliphatic rings. The zero-order valence-corrected chi connectivity index (χ0v) is 19.8. The Hall–Kier alpha value is -3.91. The van der Waals surface area contributed by atoms with Crippen LogP contribution in [0.4, 0.5) is 5.69 Å². The van der Waals surface area contributed by atoms with Gasteiger partial charge in [-0.05, 0) is 85.4 Å². The third-order valence-corrected chi connectivity index (χ3v) is 5.30. The second-order valence-corrected chi connectivity index (χ2v) is 7.97. The highest BCUT2D eigenvalue weighted by atomic mass is 32.1. The number of hydrogen-bond acceptors (Lipinski definition) is 6. The second-order valence-electron chi connectivity index (χ2n) is 7.56. The van der Waals surface area contributed by atoms with E-state index < -0.39 is 0 Å². The van der Waals surface area contributed by atoms with Gasteiger partial charge in [0, 0.05) is 16.8 Å². The Bertz CT molecular complexity index is 1280. The predicted octanol–water partition coefficient (Wildman–Crippen LogP) is 5.81. The number of rotatable bonds is 8. The van der Waals surface area contributed by atoms with Gasteiger partial charge in [-0.15, -0.1) is 0 Å². The van der Waals surface area contributed by atoms with Gasteiger partial charge < -0.3 is 19.2 Å². The summed E-state index contributed by atoms with van der Waals surface area (Å²) in [5.74, 6) is 1.70. The van der Waals surface area contributed by atoms with Gasteiger partial charge in [-0.3, -0.25) is 10.1 Å². The Labute approximate surface area is 203 Å². The quantitative estimate of drug-likeness (QED) is 0.246. The van der Waals surface area contributed by atoms with Crippen molar-refractivity contribution in [2.75, 3.05) is 19.0 Å². The Morgan fingerprint density at radius 1 is 1.03 bits per heavy atom. The van der Waals surface area contributed by atoms with E-state index in [1.54, 1.807) is 37.4 Å². The van der Waals surface area contributed by atoms with Crippen LogP contribution in [0.2, 0.25) is 0 Å². The van der Waals surface area contributed by atoms with Crippen LogP contribution < -0.4 is 20.1 Å². The summed E-state index contributed by atoms with van der Waals surface area (Å²) in [6.07, 6.45) is 2.06. The molecule has 0 unspecified atom stereocenters. The smallest absolute Gasteiger partial charge is 0.257 e. The third kappa shape index (κ3) is 5.71. The summed E-state index contributed by atoms with van der Waals surface area (Å²) in [5.41, 5.74) is 3.34. The summed E-state index contributed by atoms with van der Waals surface area (Å²) in [4.78, 5) is 17.1. The van der Waals surface area contributed by atoms with Crippen molar-refractivity contribution in [1.29, 1.82) is 0 Å². The fourth-order valence-corrected chi connectivity index (χ4v) is 3.45. The molecule has 0 fully saturated rings. The van der Waals surface area contributed by atoms with Gasteiger partial charge in [0.2, 0.25) is 5.89 Å². The fraction of sp³-hybridized carbons (Fsp3) is 0.192. The molecule has 0 saturated heterocycles. The van der Waals surface area contributed by atoms with E-state index in [1.807, 2.05) is 36.4 Å². The van der Waals surface area contributed by atoms with E-state index in [-0.39, 0.29) is 11.0 Å². The minimum absolute atomic E-state index is 0.187. The molecule has 1 heterocycles. The highest BCUT2D eigenvalue weighted by molar-refractivity contribution is 7.80. The average Bonchev–Trinajstić information content (AvgIpc) is 3.28. The number of benzene rings is 3. The van der Waals surface area contributed by atoms with E-state index in [4.69, 9.17) is 26.1 Å². The van der Waals surface area contributed by atoms with Crippen LogP contribution >= 0.6 is 12.2 Å². The number of anilines is 1. The Morgan fingerprint density at radius 2 is 1.76 bits per heavy atom. The number of thiocarbonyl (C=S) groups is 1. The van der Waals surface area contributed by atoms with Gasteiger partial charge in [0.25, 0.3) is 5.91 Å². The molecule has 0 aliphatic heterocycles. The number of nitrogens with one attached hydrogen (secondary N) is 2. The van der Waals surface area contributed by atoms with Crippen LogP contribution in [-0.2, 0) is 0 Å². The van der Waals surface area contributed by atoms with Crippen LogP contribution in [0.5, 0.6) is 11.5 Å². The number of hydrogen-bond donors (Lipinski definition) is 2. The monoisotopic (exact) mass is 475 g/mol. The van der Waals surface area contributed by atoms with Gasteiger partial charge in [-0.2, -0.15) is 0 Å². The van der Waals surface area contributed by atoms with Crippen LogP contribution in [0.15, 0.2) is 71.1 Å². The topological polar surface area (TPSA) is 85.6 Å². The molecular formula is C26H25N3O4S. The lowest BCUT2D eigenvalue weighted by Crippen LogP contribution is -2.34. The van der Waals surface area contributed by atoms with E-state index in [9.17, 15) is 4.79 Å². The molecule has 174 valence electrons. The maximum absolute atomic E-state index is 12.5. The van der Waals surface area contributed by atoms with E-state index in [0.717, 1.165) is 29.9 Å². The van der Waals surface area contributed by atoms with E-state index in [1.165, 1.54) is 0 Å². The SMILES string of the molecule is CCCCOc1ccc(C(=O)NC(=S)Nc2ccc3oc(-c4ccc(OC)cc4)nc3c2)cc1. The zero-order valence-electron chi connectivity index (χ0n) is 19.0. The molecule has 4 rings (SSSR count). The zero-order chi connectivity index (χ0) is 23.9. The molecule has 8 heteroatoms. The molecule has 0 atom stereocenters. The van der Waals surface area contributed by atoms with Gasteiger partial charge >= 0.3 is 0 Å². The van der Waals surface area contributed by atoms with Gasteiger partial charge in [-0.1, -0.05) is 13.3 Å². The maximum Gasteiger partial charge on any atom is 0.257 e. The van der Waals surface area contributed by atoms with E-state index in [0.29, 0.717) is 34.8 Å². The highest BCUT2D eigenvalue weighted by Gasteiger charge is 2.11. The van der Waals surface area contributed by atoms with E-state index >= 15 is 0 Å². The molecule has 0 bridgehead atoms. The van der Waals surface area contributed by atoms with Crippen molar-refractivity contribution in [2.24, 2.45) is 0 Å². The van der Waals surface area contributed by atoms with Crippen molar-refractivity contribution in [3.05, 3.63) is 72.3 Å². The van der Waals surface area contributed by atoms with Crippen molar-refractivity contribution in [1.82, 2.24) is 10.3 Å². The number of aromatic nitrogens is 1. The molecule has 7 nitrogen and oxygen atoms in total. The van der Waals surface area contributed by atoms with E-state index in [2.05, 4.69) is 22.5 Å². The second kappa shape index (κ2) is 10.8. The number of methoxy groups -OCH3 is 1.